The fourth-order valence-electron chi connectivity index (χ4n) is 2.33. The molecule has 0 amide bonds. The zero-order valence-corrected chi connectivity index (χ0v) is 13.4. The molecule has 3 rings (SSSR count). The van der Waals surface area contributed by atoms with Crippen LogP contribution in [-0.4, -0.2) is 33.1 Å². The van der Waals surface area contributed by atoms with E-state index in [0.29, 0.717) is 13.2 Å². The molecule has 0 fully saturated rings. The maximum Gasteiger partial charge on any atom is 0.105 e. The maximum atomic E-state index is 5.75. The van der Waals surface area contributed by atoms with Gasteiger partial charge in [-0.3, -0.25) is 9.67 Å². The highest BCUT2D eigenvalue weighted by atomic mass is 35.5. The number of halogens is 2. The Morgan fingerprint density at radius 2 is 2.29 bits per heavy atom. The molecule has 3 heterocycles. The van der Waals surface area contributed by atoms with Crippen LogP contribution < -0.4 is 5.32 Å². The van der Waals surface area contributed by atoms with Crippen LogP contribution in [0.1, 0.15) is 23.0 Å². The summed E-state index contributed by atoms with van der Waals surface area (Å²) in [6, 6.07) is 4.06. The lowest BCUT2D eigenvalue weighted by molar-refractivity contribution is 0.0956. The first-order valence-corrected chi connectivity index (χ1v) is 6.43. The second kappa shape index (κ2) is 8.29. The van der Waals surface area contributed by atoms with Gasteiger partial charge >= 0.3 is 0 Å². The van der Waals surface area contributed by atoms with Crippen LogP contribution in [0.15, 0.2) is 24.5 Å². The van der Waals surface area contributed by atoms with Gasteiger partial charge in [-0.1, -0.05) is 11.3 Å². The van der Waals surface area contributed by atoms with Crippen molar-refractivity contribution >= 4 is 24.8 Å². The molecule has 0 aromatic carbocycles. The highest BCUT2D eigenvalue weighted by molar-refractivity contribution is 5.85. The highest BCUT2D eigenvalue weighted by Gasteiger charge is 2.24. The Kier molecular flexibility index (Phi) is 7.04. The average Bonchev–Trinajstić information content (AvgIpc) is 2.83. The number of aromatic nitrogens is 4. The number of aryl methyl sites for hydroxylation is 1. The Bertz CT molecular complexity index is 549. The lowest BCUT2D eigenvalue weighted by atomic mass is 10.1. The molecule has 1 N–H and O–H groups in total. The van der Waals surface area contributed by atoms with Crippen LogP contribution in [0.2, 0.25) is 0 Å². The number of nitrogens with one attached hydrogen (secondary N) is 1. The third kappa shape index (κ3) is 4.14. The summed E-state index contributed by atoms with van der Waals surface area (Å²) < 4.78 is 7.60. The van der Waals surface area contributed by atoms with Crippen LogP contribution in [0.4, 0.5) is 0 Å². The normalized spacial score (nSPS) is 16.5. The smallest absolute Gasteiger partial charge is 0.105 e. The summed E-state index contributed by atoms with van der Waals surface area (Å²) in [4.78, 5) is 4.07. The number of fused-ring (bicyclic) bond motifs is 1. The topological polar surface area (TPSA) is 64.9 Å². The largest absolute Gasteiger partial charge is 0.375 e. The molecule has 1 unspecified atom stereocenters. The van der Waals surface area contributed by atoms with Crippen molar-refractivity contribution in [1.82, 2.24) is 25.3 Å². The molecule has 0 spiro atoms. The third-order valence-electron chi connectivity index (χ3n) is 3.33. The van der Waals surface area contributed by atoms with Gasteiger partial charge in [-0.25, -0.2) is 0 Å². The molecule has 2 aromatic heterocycles. The van der Waals surface area contributed by atoms with Gasteiger partial charge in [-0.2, -0.15) is 0 Å². The minimum atomic E-state index is 0. The fraction of sp³-hybridized carbons (Fsp3) is 0.462. The number of ether oxygens (including phenoxy) is 1. The number of rotatable bonds is 4. The van der Waals surface area contributed by atoms with Crippen molar-refractivity contribution < 1.29 is 4.74 Å². The summed E-state index contributed by atoms with van der Waals surface area (Å²) in [5.41, 5.74) is 3.30. The Labute approximate surface area is 136 Å². The predicted octanol–water partition coefficient (Wildman–Crippen LogP) is 1.46. The Hall–Kier alpha value is -1.21. The third-order valence-corrected chi connectivity index (χ3v) is 3.33. The van der Waals surface area contributed by atoms with E-state index in [2.05, 4.69) is 20.6 Å². The van der Waals surface area contributed by atoms with Gasteiger partial charge in [0.2, 0.25) is 0 Å². The van der Waals surface area contributed by atoms with Gasteiger partial charge in [0.1, 0.15) is 5.69 Å². The zero-order chi connectivity index (χ0) is 13.1. The molecule has 0 aliphatic carbocycles. The molecule has 8 heteroatoms. The quantitative estimate of drug-likeness (QED) is 0.918. The average molecular weight is 332 g/mol. The number of hydrogen-bond acceptors (Lipinski definition) is 5. The summed E-state index contributed by atoms with van der Waals surface area (Å²) in [7, 11) is 1.94. The van der Waals surface area contributed by atoms with Gasteiger partial charge in [-0.05, 0) is 11.6 Å². The molecular weight excluding hydrogens is 313 g/mol. The van der Waals surface area contributed by atoms with Gasteiger partial charge in [0, 0.05) is 32.4 Å². The van der Waals surface area contributed by atoms with Gasteiger partial charge in [0.15, 0.2) is 0 Å². The molecule has 1 atom stereocenters. The number of pyridine rings is 1. The molecular formula is C13H19Cl2N5O. The zero-order valence-electron chi connectivity index (χ0n) is 11.7. The first-order chi connectivity index (χ1) is 9.34. The number of nitrogens with zero attached hydrogens (tertiary/aromatic N) is 4. The van der Waals surface area contributed by atoms with E-state index < -0.39 is 0 Å². The van der Waals surface area contributed by atoms with Crippen molar-refractivity contribution in [1.29, 1.82) is 0 Å². The highest BCUT2D eigenvalue weighted by Crippen LogP contribution is 2.20. The van der Waals surface area contributed by atoms with Crippen LogP contribution in [0.25, 0.3) is 0 Å². The van der Waals surface area contributed by atoms with E-state index in [1.807, 2.05) is 30.1 Å². The second-order valence-electron chi connectivity index (χ2n) is 4.68. The standard InChI is InChI=1S/C13H17N5O.2ClH/c1-18-12-4-6-15-11(13(12)16-17-18)9-19-8-10-3-2-5-14-7-10;;/h2-3,5,7,11,15H,4,6,8-9H2,1H3;2*1H. The summed E-state index contributed by atoms with van der Waals surface area (Å²) in [6.45, 7) is 2.11. The Morgan fingerprint density at radius 1 is 1.43 bits per heavy atom. The van der Waals surface area contributed by atoms with E-state index in [9.17, 15) is 0 Å². The number of hydrogen-bond donors (Lipinski definition) is 1. The minimum Gasteiger partial charge on any atom is -0.375 e. The maximum absolute atomic E-state index is 5.75. The van der Waals surface area contributed by atoms with E-state index in [1.54, 1.807) is 6.20 Å². The van der Waals surface area contributed by atoms with Crippen molar-refractivity contribution in [3.63, 3.8) is 0 Å². The van der Waals surface area contributed by atoms with Crippen molar-refractivity contribution in [2.75, 3.05) is 13.2 Å². The molecule has 0 saturated carbocycles. The molecule has 6 nitrogen and oxygen atoms in total. The van der Waals surface area contributed by atoms with Gasteiger partial charge in [0.05, 0.1) is 24.9 Å². The first-order valence-electron chi connectivity index (χ1n) is 6.43. The van der Waals surface area contributed by atoms with Crippen LogP contribution in [0.5, 0.6) is 0 Å². The van der Waals surface area contributed by atoms with Gasteiger partial charge in [-0.15, -0.1) is 29.9 Å². The van der Waals surface area contributed by atoms with Crippen molar-refractivity contribution in [3.05, 3.63) is 41.5 Å². The van der Waals surface area contributed by atoms with E-state index in [1.165, 1.54) is 5.69 Å². The Balaban J connectivity index is 0.00000110. The molecule has 21 heavy (non-hydrogen) atoms. The molecule has 1 aliphatic rings. The molecule has 0 saturated heterocycles. The fourth-order valence-corrected chi connectivity index (χ4v) is 2.33. The van der Waals surface area contributed by atoms with E-state index in [4.69, 9.17) is 4.74 Å². The summed E-state index contributed by atoms with van der Waals surface area (Å²) in [5.74, 6) is 0. The first kappa shape index (κ1) is 17.8. The van der Waals surface area contributed by atoms with Gasteiger partial charge in [0.25, 0.3) is 0 Å². The SMILES string of the molecule is Cl.Cl.Cn1nnc2c1CCNC2COCc1cccnc1. The van der Waals surface area contributed by atoms with Gasteiger partial charge < -0.3 is 10.1 Å². The van der Waals surface area contributed by atoms with Crippen molar-refractivity contribution in [2.24, 2.45) is 7.05 Å². The molecule has 1 aliphatic heterocycles. The summed E-state index contributed by atoms with van der Waals surface area (Å²) in [5, 5.41) is 11.7. The van der Waals surface area contributed by atoms with Crippen LogP contribution >= 0.6 is 24.8 Å². The van der Waals surface area contributed by atoms with Crippen LogP contribution in [0, 0.1) is 0 Å². The molecule has 2 aromatic rings. The summed E-state index contributed by atoms with van der Waals surface area (Å²) >= 11 is 0. The van der Waals surface area contributed by atoms with E-state index >= 15 is 0 Å². The van der Waals surface area contributed by atoms with E-state index in [0.717, 1.165) is 24.2 Å². The van der Waals surface area contributed by atoms with Crippen LogP contribution in [0.3, 0.4) is 0 Å². The van der Waals surface area contributed by atoms with Crippen molar-refractivity contribution in [2.45, 2.75) is 19.1 Å². The minimum absolute atomic E-state index is 0. The predicted molar refractivity (Wildman–Crippen MR) is 83.8 cm³/mol. The van der Waals surface area contributed by atoms with E-state index in [-0.39, 0.29) is 30.9 Å². The lowest BCUT2D eigenvalue weighted by Crippen LogP contribution is -2.33. The van der Waals surface area contributed by atoms with Crippen LogP contribution in [-0.2, 0) is 24.8 Å². The lowest BCUT2D eigenvalue weighted by Gasteiger charge is -2.22. The monoisotopic (exact) mass is 331 g/mol. The molecule has 0 radical (unpaired) electrons. The Morgan fingerprint density at radius 3 is 3.05 bits per heavy atom. The molecule has 0 bridgehead atoms. The van der Waals surface area contributed by atoms with Crippen molar-refractivity contribution in [3.8, 4) is 0 Å². The molecule has 116 valence electrons. The summed E-state index contributed by atoms with van der Waals surface area (Å²) in [6.07, 6.45) is 4.55. The second-order valence-corrected chi connectivity index (χ2v) is 4.68.